The average Bonchev–Trinajstić information content (AvgIpc) is 2.45. The fourth-order valence-electron chi connectivity index (χ4n) is 1.74. The van der Waals surface area contributed by atoms with E-state index in [1.165, 1.54) is 13.2 Å². The van der Waals surface area contributed by atoms with E-state index in [1.807, 2.05) is 12.1 Å². The van der Waals surface area contributed by atoms with Gasteiger partial charge in [-0.3, -0.25) is 4.79 Å². The highest BCUT2D eigenvalue weighted by atomic mass is 16.5. The summed E-state index contributed by atoms with van der Waals surface area (Å²) in [7, 11) is 1.53. The highest BCUT2D eigenvalue weighted by Gasteiger charge is 2.07. The Morgan fingerprint density at radius 2 is 1.95 bits per heavy atom. The number of hydrogen-bond acceptors (Lipinski definition) is 3. The van der Waals surface area contributed by atoms with Crippen LogP contribution >= 0.6 is 0 Å². The molecule has 0 spiro atoms. The van der Waals surface area contributed by atoms with E-state index < -0.39 is 0 Å². The molecule has 1 N–H and O–H groups in total. The lowest BCUT2D eigenvalue weighted by atomic mass is 10.1. The van der Waals surface area contributed by atoms with Crippen molar-refractivity contribution in [3.63, 3.8) is 0 Å². The largest absolute Gasteiger partial charge is 0.508 e. The van der Waals surface area contributed by atoms with Crippen molar-refractivity contribution >= 4 is 11.9 Å². The molecule has 2 aromatic carbocycles. The molecule has 0 radical (unpaired) electrons. The number of ether oxygens (including phenoxy) is 1. The molecule has 96 valence electrons. The second-order valence-corrected chi connectivity index (χ2v) is 3.99. The molecule has 0 bridgehead atoms. The van der Waals surface area contributed by atoms with Crippen LogP contribution in [0.4, 0.5) is 0 Å². The van der Waals surface area contributed by atoms with E-state index in [4.69, 9.17) is 4.74 Å². The van der Waals surface area contributed by atoms with Crippen molar-refractivity contribution in [2.45, 2.75) is 0 Å². The first kappa shape index (κ1) is 12.9. The quantitative estimate of drug-likeness (QED) is 0.672. The first-order chi connectivity index (χ1) is 9.20. The standard InChI is InChI=1S/C16H14O3/c1-19-16-8-3-2-7-14(16)15(18)10-9-12-5-4-6-13(17)11-12/h2-11,17H,1H3/b10-9+. The van der Waals surface area contributed by atoms with Crippen LogP contribution in [0.2, 0.25) is 0 Å². The summed E-state index contributed by atoms with van der Waals surface area (Å²) in [5.74, 6) is 0.584. The molecule has 0 unspecified atom stereocenters. The molecular weight excluding hydrogens is 240 g/mol. The maximum atomic E-state index is 12.1. The van der Waals surface area contributed by atoms with Gasteiger partial charge >= 0.3 is 0 Å². The Hall–Kier alpha value is -2.55. The monoisotopic (exact) mass is 254 g/mol. The Kier molecular flexibility index (Phi) is 3.98. The summed E-state index contributed by atoms with van der Waals surface area (Å²) in [6.07, 6.45) is 3.13. The van der Waals surface area contributed by atoms with Gasteiger partial charge in [-0.15, -0.1) is 0 Å². The molecule has 0 saturated carbocycles. The Labute approximate surface area is 111 Å². The zero-order valence-corrected chi connectivity index (χ0v) is 10.5. The summed E-state index contributed by atoms with van der Waals surface area (Å²) < 4.78 is 5.14. The number of carbonyl (C=O) groups is 1. The minimum atomic E-state index is -0.138. The zero-order chi connectivity index (χ0) is 13.7. The summed E-state index contributed by atoms with van der Waals surface area (Å²) >= 11 is 0. The molecule has 0 saturated heterocycles. The molecule has 0 fully saturated rings. The molecule has 0 aromatic heterocycles. The van der Waals surface area contributed by atoms with Gasteiger partial charge in [0.2, 0.25) is 0 Å². The Morgan fingerprint density at radius 1 is 1.16 bits per heavy atom. The molecule has 2 aromatic rings. The van der Waals surface area contributed by atoms with Gasteiger partial charge < -0.3 is 9.84 Å². The van der Waals surface area contributed by atoms with Crippen molar-refractivity contribution in [1.82, 2.24) is 0 Å². The van der Waals surface area contributed by atoms with E-state index in [2.05, 4.69) is 0 Å². The van der Waals surface area contributed by atoms with Crippen LogP contribution in [0.3, 0.4) is 0 Å². The van der Waals surface area contributed by atoms with Gasteiger partial charge in [0.05, 0.1) is 12.7 Å². The van der Waals surface area contributed by atoms with Gasteiger partial charge in [0.25, 0.3) is 0 Å². The second-order valence-electron chi connectivity index (χ2n) is 3.99. The normalized spacial score (nSPS) is 10.6. The van der Waals surface area contributed by atoms with E-state index >= 15 is 0 Å². The molecule has 0 heterocycles. The number of benzene rings is 2. The number of ketones is 1. The van der Waals surface area contributed by atoms with Crippen molar-refractivity contribution in [3.8, 4) is 11.5 Å². The van der Waals surface area contributed by atoms with Crippen LogP contribution in [0.25, 0.3) is 6.08 Å². The molecule has 0 aliphatic heterocycles. The van der Waals surface area contributed by atoms with Crippen LogP contribution in [0.1, 0.15) is 15.9 Å². The third-order valence-electron chi connectivity index (χ3n) is 2.67. The van der Waals surface area contributed by atoms with E-state index in [-0.39, 0.29) is 11.5 Å². The lowest BCUT2D eigenvalue weighted by molar-refractivity contribution is 0.104. The van der Waals surface area contributed by atoms with E-state index in [1.54, 1.807) is 42.5 Å². The maximum Gasteiger partial charge on any atom is 0.189 e. The molecule has 3 heteroatoms. The first-order valence-corrected chi connectivity index (χ1v) is 5.85. The summed E-state index contributed by atoms with van der Waals surface area (Å²) in [5.41, 5.74) is 1.28. The lowest BCUT2D eigenvalue weighted by Gasteiger charge is -2.04. The third-order valence-corrected chi connectivity index (χ3v) is 2.67. The molecule has 3 nitrogen and oxygen atoms in total. The van der Waals surface area contributed by atoms with E-state index in [9.17, 15) is 9.90 Å². The van der Waals surface area contributed by atoms with Crippen LogP contribution in [-0.2, 0) is 0 Å². The molecule has 19 heavy (non-hydrogen) atoms. The van der Waals surface area contributed by atoms with Gasteiger partial charge in [-0.05, 0) is 35.9 Å². The summed E-state index contributed by atoms with van der Waals surface area (Å²) in [6.45, 7) is 0. The van der Waals surface area contributed by atoms with Crippen molar-refractivity contribution in [3.05, 3.63) is 65.7 Å². The number of phenolic OH excluding ortho intramolecular Hbond substituents is 1. The number of carbonyl (C=O) groups excluding carboxylic acids is 1. The van der Waals surface area contributed by atoms with Crippen molar-refractivity contribution in [2.24, 2.45) is 0 Å². The fourth-order valence-corrected chi connectivity index (χ4v) is 1.74. The van der Waals surface area contributed by atoms with Gasteiger partial charge in [0.15, 0.2) is 5.78 Å². The highest BCUT2D eigenvalue weighted by molar-refractivity contribution is 6.08. The van der Waals surface area contributed by atoms with Gasteiger partial charge in [-0.25, -0.2) is 0 Å². The Balaban J connectivity index is 2.21. The van der Waals surface area contributed by atoms with Gasteiger partial charge in [0, 0.05) is 0 Å². The average molecular weight is 254 g/mol. The number of hydrogen-bond donors (Lipinski definition) is 1. The van der Waals surface area contributed by atoms with Gasteiger partial charge in [-0.1, -0.05) is 30.3 Å². The SMILES string of the molecule is COc1ccccc1C(=O)/C=C/c1cccc(O)c1. The predicted molar refractivity (Wildman–Crippen MR) is 74.5 cm³/mol. The minimum absolute atomic E-state index is 0.138. The van der Waals surface area contributed by atoms with Crippen LogP contribution in [0.15, 0.2) is 54.6 Å². The summed E-state index contributed by atoms with van der Waals surface area (Å²) in [6, 6.07) is 13.8. The molecule has 0 aliphatic rings. The van der Waals surface area contributed by atoms with Crippen molar-refractivity contribution < 1.29 is 14.6 Å². The van der Waals surface area contributed by atoms with Crippen molar-refractivity contribution in [2.75, 3.05) is 7.11 Å². The number of methoxy groups -OCH3 is 1. The minimum Gasteiger partial charge on any atom is -0.508 e. The number of para-hydroxylation sites is 1. The number of rotatable bonds is 4. The van der Waals surface area contributed by atoms with E-state index in [0.717, 1.165) is 5.56 Å². The highest BCUT2D eigenvalue weighted by Crippen LogP contribution is 2.19. The molecular formula is C16H14O3. The summed E-state index contributed by atoms with van der Waals surface area (Å²) in [4.78, 5) is 12.1. The molecule has 2 rings (SSSR count). The van der Waals surface area contributed by atoms with Crippen LogP contribution in [0.5, 0.6) is 11.5 Å². The first-order valence-electron chi connectivity index (χ1n) is 5.85. The Bertz CT molecular complexity index is 615. The molecule has 0 amide bonds. The fraction of sp³-hybridized carbons (Fsp3) is 0.0625. The van der Waals surface area contributed by atoms with Crippen LogP contribution in [-0.4, -0.2) is 18.0 Å². The smallest absolute Gasteiger partial charge is 0.189 e. The van der Waals surface area contributed by atoms with Crippen LogP contribution in [0, 0.1) is 0 Å². The molecule has 0 atom stereocenters. The predicted octanol–water partition coefficient (Wildman–Crippen LogP) is 3.30. The van der Waals surface area contributed by atoms with Gasteiger partial charge in [0.1, 0.15) is 11.5 Å². The number of aromatic hydroxyl groups is 1. The maximum absolute atomic E-state index is 12.1. The van der Waals surface area contributed by atoms with Crippen molar-refractivity contribution in [1.29, 1.82) is 0 Å². The molecule has 0 aliphatic carbocycles. The third kappa shape index (κ3) is 3.22. The van der Waals surface area contributed by atoms with E-state index in [0.29, 0.717) is 11.3 Å². The van der Waals surface area contributed by atoms with Gasteiger partial charge in [-0.2, -0.15) is 0 Å². The van der Waals surface area contributed by atoms with Crippen LogP contribution < -0.4 is 4.74 Å². The summed E-state index contributed by atoms with van der Waals surface area (Å²) in [5, 5.41) is 9.34. The topological polar surface area (TPSA) is 46.5 Å². The zero-order valence-electron chi connectivity index (χ0n) is 10.5. The Morgan fingerprint density at radius 3 is 2.68 bits per heavy atom. The number of phenols is 1. The second kappa shape index (κ2) is 5.87. The number of allylic oxidation sites excluding steroid dienone is 1. The lowest BCUT2D eigenvalue weighted by Crippen LogP contribution is -1.98.